The molecule has 0 unspecified atom stereocenters. The third-order valence-electron chi connectivity index (χ3n) is 6.05. The zero-order chi connectivity index (χ0) is 22.1. The van der Waals surface area contributed by atoms with Crippen molar-refractivity contribution in [1.82, 2.24) is 24.1 Å². The lowest BCUT2D eigenvalue weighted by atomic mass is 10.2. The monoisotopic (exact) mass is 434 g/mol. The van der Waals surface area contributed by atoms with Crippen LogP contribution in [0.2, 0.25) is 0 Å². The highest BCUT2D eigenvalue weighted by molar-refractivity contribution is 5.82. The molecule has 1 fully saturated rings. The number of hydrogen-bond acceptors (Lipinski definition) is 6. The summed E-state index contributed by atoms with van der Waals surface area (Å²) in [6.45, 7) is 5.34. The number of carbonyl (C=O) groups excluding carboxylic acids is 1. The van der Waals surface area contributed by atoms with Gasteiger partial charge in [0.2, 0.25) is 5.91 Å². The molecule has 0 bridgehead atoms. The zero-order valence-corrected chi connectivity index (χ0v) is 18.1. The van der Waals surface area contributed by atoms with Gasteiger partial charge in [0.1, 0.15) is 17.2 Å². The number of carbonyl (C=O) groups is 1. The van der Waals surface area contributed by atoms with Crippen LogP contribution >= 0.6 is 0 Å². The Morgan fingerprint density at radius 3 is 2.72 bits per heavy atom. The molecule has 5 heterocycles. The molecule has 32 heavy (non-hydrogen) atoms. The average Bonchev–Trinajstić information content (AvgIpc) is 3.43. The van der Waals surface area contributed by atoms with E-state index >= 15 is 0 Å². The normalized spacial score (nSPS) is 14.5. The Morgan fingerprint density at radius 2 is 1.97 bits per heavy atom. The number of nitrogens with zero attached hydrogens (tertiary/aromatic N) is 6. The molecule has 4 aromatic rings. The van der Waals surface area contributed by atoms with E-state index in [0.29, 0.717) is 50.0 Å². The van der Waals surface area contributed by atoms with Gasteiger partial charge in [0.15, 0.2) is 5.58 Å². The summed E-state index contributed by atoms with van der Waals surface area (Å²) in [6, 6.07) is 9.48. The van der Waals surface area contributed by atoms with Crippen molar-refractivity contribution in [1.29, 1.82) is 0 Å². The van der Waals surface area contributed by atoms with Crippen molar-refractivity contribution < 1.29 is 9.21 Å². The van der Waals surface area contributed by atoms with Crippen molar-refractivity contribution >= 4 is 28.3 Å². The molecule has 0 aromatic carbocycles. The van der Waals surface area contributed by atoms with E-state index in [2.05, 4.69) is 15.0 Å². The Labute approximate surface area is 184 Å². The third-order valence-corrected chi connectivity index (χ3v) is 6.05. The zero-order valence-electron chi connectivity index (χ0n) is 18.1. The maximum Gasteiger partial charge on any atom is 0.291 e. The Bertz CT molecular complexity index is 1300. The molecule has 166 valence electrons. The number of furan rings is 1. The van der Waals surface area contributed by atoms with Crippen molar-refractivity contribution in [2.24, 2.45) is 0 Å². The van der Waals surface area contributed by atoms with Crippen molar-refractivity contribution in [2.45, 2.75) is 32.7 Å². The third kappa shape index (κ3) is 3.63. The fourth-order valence-corrected chi connectivity index (χ4v) is 4.37. The maximum absolute atomic E-state index is 12.9. The quantitative estimate of drug-likeness (QED) is 0.463. The molecule has 0 N–H and O–H groups in total. The molecule has 1 saturated heterocycles. The first-order valence-electron chi connectivity index (χ1n) is 11.1. The summed E-state index contributed by atoms with van der Waals surface area (Å²) in [5.41, 5.74) is 1.93. The number of anilines is 1. The lowest BCUT2D eigenvalue weighted by molar-refractivity contribution is -0.131. The van der Waals surface area contributed by atoms with E-state index in [1.165, 1.54) is 4.68 Å². The van der Waals surface area contributed by atoms with E-state index in [-0.39, 0.29) is 11.5 Å². The molecule has 4 aromatic heterocycles. The lowest BCUT2D eigenvalue weighted by Gasteiger charge is -2.35. The molecule has 1 amide bonds. The summed E-state index contributed by atoms with van der Waals surface area (Å²) in [5, 5.41) is 4.56. The van der Waals surface area contributed by atoms with Gasteiger partial charge in [-0.05, 0) is 18.6 Å². The summed E-state index contributed by atoms with van der Waals surface area (Å²) in [5.74, 6) is 1.87. The number of aryl methyl sites for hydroxylation is 2. The van der Waals surface area contributed by atoms with Crippen LogP contribution < -0.4 is 10.5 Å². The van der Waals surface area contributed by atoms with Crippen LogP contribution in [-0.4, -0.2) is 56.2 Å². The van der Waals surface area contributed by atoms with Crippen LogP contribution in [0.1, 0.15) is 25.6 Å². The first-order chi connectivity index (χ1) is 15.7. The lowest BCUT2D eigenvalue weighted by Crippen LogP contribution is -2.49. The predicted molar refractivity (Wildman–Crippen MR) is 121 cm³/mol. The average molecular weight is 435 g/mol. The Kier molecular flexibility index (Phi) is 5.38. The standard InChI is InChI=1S/C23H26N6O3/c1-2-20-25-28(23(31)18-16-19-17(29(18)20)8-15-32-19)10-5-7-22(30)27-13-11-26(12-14-27)21-6-3-4-9-24-21/h3-4,6,8-9,15-16H,2,5,7,10-14H2,1H3. The molecule has 9 heteroatoms. The molecule has 0 spiro atoms. The molecule has 1 aliphatic rings. The predicted octanol–water partition coefficient (Wildman–Crippen LogP) is 2.33. The largest absolute Gasteiger partial charge is 0.463 e. The molecule has 0 saturated carbocycles. The van der Waals surface area contributed by atoms with Gasteiger partial charge in [-0.15, -0.1) is 0 Å². The van der Waals surface area contributed by atoms with Crippen LogP contribution in [0.25, 0.3) is 16.6 Å². The van der Waals surface area contributed by atoms with Crippen molar-refractivity contribution in [3.8, 4) is 0 Å². The van der Waals surface area contributed by atoms with E-state index in [0.717, 1.165) is 30.2 Å². The molecular formula is C23H26N6O3. The molecule has 0 aliphatic carbocycles. The van der Waals surface area contributed by atoms with E-state index in [1.54, 1.807) is 18.5 Å². The van der Waals surface area contributed by atoms with Gasteiger partial charge in [0.05, 0.1) is 11.8 Å². The van der Waals surface area contributed by atoms with Gasteiger partial charge in [-0.3, -0.25) is 14.0 Å². The van der Waals surface area contributed by atoms with Crippen molar-refractivity contribution in [3.05, 3.63) is 59.0 Å². The summed E-state index contributed by atoms with van der Waals surface area (Å²) in [6.07, 6.45) is 5.06. The number of aromatic nitrogens is 4. The van der Waals surface area contributed by atoms with E-state index in [1.807, 2.05) is 40.5 Å². The first kappa shape index (κ1) is 20.3. The second-order valence-electron chi connectivity index (χ2n) is 7.99. The van der Waals surface area contributed by atoms with Gasteiger partial charge in [-0.25, -0.2) is 9.67 Å². The number of pyridine rings is 1. The Balaban J connectivity index is 1.21. The Morgan fingerprint density at radius 1 is 1.12 bits per heavy atom. The topological polar surface area (TPSA) is 88.9 Å². The van der Waals surface area contributed by atoms with Crippen LogP contribution in [0.15, 0.2) is 52.0 Å². The molecule has 0 radical (unpaired) electrons. The highest BCUT2D eigenvalue weighted by Crippen LogP contribution is 2.20. The first-order valence-corrected chi connectivity index (χ1v) is 11.1. The Hall–Kier alpha value is -3.62. The van der Waals surface area contributed by atoms with Crippen LogP contribution in [0.4, 0.5) is 5.82 Å². The van der Waals surface area contributed by atoms with Gasteiger partial charge < -0.3 is 14.2 Å². The molecule has 0 atom stereocenters. The SMILES string of the molecule is CCc1nn(CCCC(=O)N2CCN(c3ccccn3)CC2)c(=O)c2cc3occc3n12. The maximum atomic E-state index is 12.9. The van der Waals surface area contributed by atoms with Crippen LogP contribution in [-0.2, 0) is 17.8 Å². The molecular weight excluding hydrogens is 408 g/mol. The van der Waals surface area contributed by atoms with Gasteiger partial charge in [-0.2, -0.15) is 5.10 Å². The van der Waals surface area contributed by atoms with Gasteiger partial charge in [0.25, 0.3) is 5.56 Å². The minimum absolute atomic E-state index is 0.121. The molecule has 9 nitrogen and oxygen atoms in total. The number of piperazine rings is 1. The van der Waals surface area contributed by atoms with Crippen molar-refractivity contribution in [2.75, 3.05) is 31.1 Å². The molecule has 5 rings (SSSR count). The number of hydrogen-bond donors (Lipinski definition) is 0. The van der Waals surface area contributed by atoms with Crippen LogP contribution in [0, 0.1) is 0 Å². The number of amides is 1. The van der Waals surface area contributed by atoms with E-state index < -0.39 is 0 Å². The second kappa shape index (κ2) is 8.49. The van der Waals surface area contributed by atoms with Gasteiger partial charge in [-0.1, -0.05) is 13.0 Å². The van der Waals surface area contributed by atoms with Crippen molar-refractivity contribution in [3.63, 3.8) is 0 Å². The fourth-order valence-electron chi connectivity index (χ4n) is 4.37. The number of rotatable bonds is 6. The highest BCUT2D eigenvalue weighted by Gasteiger charge is 2.22. The molecule has 1 aliphatic heterocycles. The van der Waals surface area contributed by atoms with Crippen LogP contribution in [0.3, 0.4) is 0 Å². The highest BCUT2D eigenvalue weighted by atomic mass is 16.3. The van der Waals surface area contributed by atoms with Crippen LogP contribution in [0.5, 0.6) is 0 Å². The minimum atomic E-state index is -0.162. The fraction of sp³-hybridized carbons (Fsp3) is 0.391. The number of fused-ring (bicyclic) bond motifs is 3. The smallest absolute Gasteiger partial charge is 0.291 e. The summed E-state index contributed by atoms with van der Waals surface area (Å²) in [7, 11) is 0. The minimum Gasteiger partial charge on any atom is -0.463 e. The van der Waals surface area contributed by atoms with E-state index in [4.69, 9.17) is 4.42 Å². The van der Waals surface area contributed by atoms with Gasteiger partial charge in [0, 0.05) is 63.9 Å². The second-order valence-corrected chi connectivity index (χ2v) is 7.99. The summed E-state index contributed by atoms with van der Waals surface area (Å²) < 4.78 is 8.81. The summed E-state index contributed by atoms with van der Waals surface area (Å²) >= 11 is 0. The van der Waals surface area contributed by atoms with E-state index in [9.17, 15) is 9.59 Å². The summed E-state index contributed by atoms with van der Waals surface area (Å²) in [4.78, 5) is 34.1. The van der Waals surface area contributed by atoms with Gasteiger partial charge >= 0.3 is 0 Å².